The van der Waals surface area contributed by atoms with Crippen molar-refractivity contribution < 1.29 is 78.3 Å². The van der Waals surface area contributed by atoms with Gasteiger partial charge in [0.25, 0.3) is 0 Å². The molecule has 26 nitrogen and oxygen atoms in total. The van der Waals surface area contributed by atoms with Crippen LogP contribution in [0.15, 0.2) is 30.3 Å². The van der Waals surface area contributed by atoms with Crippen LogP contribution in [0, 0.1) is 0 Å². The number of amides is 10. The predicted octanol–water partition coefficient (Wildman–Crippen LogP) is -8.52. The number of hydrogen-bond acceptors (Lipinski definition) is 15. The van der Waals surface area contributed by atoms with Gasteiger partial charge in [-0.1, -0.05) is 30.3 Å². The third kappa shape index (κ3) is 16.7. The van der Waals surface area contributed by atoms with Crippen molar-refractivity contribution in [2.24, 2.45) is 11.5 Å². The summed E-state index contributed by atoms with van der Waals surface area (Å²) < 4.78 is 0. The molecule has 9 atom stereocenters. The van der Waals surface area contributed by atoms with Crippen molar-refractivity contribution >= 4 is 65.0 Å². The first-order chi connectivity index (χ1) is 29.2. The molecule has 10 amide bonds. The number of benzene rings is 1. The molecule has 0 saturated carbocycles. The average molecular weight is 881 g/mol. The van der Waals surface area contributed by atoms with Gasteiger partial charge in [-0.05, 0) is 25.3 Å². The number of carboxylic acid groups (broad SMARTS) is 1. The minimum Gasteiger partial charge on any atom is -0.481 e. The molecule has 0 bridgehead atoms. The molecule has 0 radical (unpaired) electrons. The van der Waals surface area contributed by atoms with Crippen molar-refractivity contribution in [2.45, 2.75) is 99.9 Å². The molecule has 26 heteroatoms. The summed E-state index contributed by atoms with van der Waals surface area (Å²) in [5, 5.41) is 67.1. The second-order valence-corrected chi connectivity index (χ2v) is 14.0. The van der Waals surface area contributed by atoms with E-state index in [0.29, 0.717) is 5.56 Å². The van der Waals surface area contributed by atoms with Gasteiger partial charge in [0.2, 0.25) is 59.1 Å². The summed E-state index contributed by atoms with van der Waals surface area (Å²) in [6.07, 6.45) is -5.48. The molecule has 2 rings (SSSR count). The van der Waals surface area contributed by atoms with Crippen LogP contribution in [0.1, 0.15) is 44.6 Å². The van der Waals surface area contributed by atoms with Crippen molar-refractivity contribution in [1.29, 1.82) is 0 Å². The Morgan fingerprint density at radius 1 is 0.532 bits per heavy atom. The molecule has 17 N–H and O–H groups in total. The molecule has 0 aromatic heterocycles. The van der Waals surface area contributed by atoms with E-state index in [9.17, 15) is 78.3 Å². The van der Waals surface area contributed by atoms with Gasteiger partial charge < -0.3 is 79.5 Å². The molecule has 0 aliphatic carbocycles. The fourth-order valence-corrected chi connectivity index (χ4v) is 5.70. The summed E-state index contributed by atoms with van der Waals surface area (Å²) in [5.74, 6) is -13.6. The van der Waals surface area contributed by atoms with E-state index >= 15 is 0 Å². The zero-order chi connectivity index (χ0) is 46.7. The summed E-state index contributed by atoms with van der Waals surface area (Å²) in [6.45, 7) is -2.48. The van der Waals surface area contributed by atoms with E-state index in [0.717, 1.165) is 6.92 Å². The Kier molecular flexibility index (Phi) is 20.8. The molecule has 1 fully saturated rings. The fraction of sp³-hybridized carbons (Fsp3) is 0.528. The highest BCUT2D eigenvalue weighted by Gasteiger charge is 2.37. The van der Waals surface area contributed by atoms with Gasteiger partial charge >= 0.3 is 5.97 Å². The Hall–Kier alpha value is -6.77. The van der Waals surface area contributed by atoms with Crippen molar-refractivity contribution in [1.82, 2.24) is 42.5 Å². The number of hydrogen-bond donors (Lipinski definition) is 15. The van der Waals surface area contributed by atoms with Crippen LogP contribution in [0.2, 0.25) is 0 Å². The van der Waals surface area contributed by atoms with Crippen molar-refractivity contribution in [3.8, 4) is 0 Å². The van der Waals surface area contributed by atoms with Crippen molar-refractivity contribution in [3.63, 3.8) is 0 Å². The van der Waals surface area contributed by atoms with Crippen LogP contribution in [-0.2, 0) is 59.2 Å². The quantitative estimate of drug-likeness (QED) is 0.0825. The first-order valence-electron chi connectivity index (χ1n) is 19.0. The third-order valence-electron chi connectivity index (χ3n) is 9.06. The van der Waals surface area contributed by atoms with E-state index in [2.05, 4.69) is 31.9 Å². The third-order valence-corrected chi connectivity index (χ3v) is 9.06. The summed E-state index contributed by atoms with van der Waals surface area (Å²) >= 11 is 0. The van der Waals surface area contributed by atoms with E-state index in [4.69, 9.17) is 11.5 Å². The number of primary amides is 2. The Balaban J connectivity index is 2.72. The van der Waals surface area contributed by atoms with Gasteiger partial charge in [0, 0.05) is 19.3 Å². The summed E-state index contributed by atoms with van der Waals surface area (Å²) in [5.41, 5.74) is 11.0. The highest BCUT2D eigenvalue weighted by atomic mass is 16.4. The topological polar surface area (TPSA) is 437 Å². The van der Waals surface area contributed by atoms with Crippen LogP contribution in [0.25, 0.3) is 0 Å². The fourth-order valence-electron chi connectivity index (χ4n) is 5.70. The molecule has 1 heterocycles. The number of carbonyl (C=O) groups is 11. The lowest BCUT2D eigenvalue weighted by Gasteiger charge is -2.28. The van der Waals surface area contributed by atoms with Gasteiger partial charge in [-0.2, -0.15) is 0 Å². The van der Waals surface area contributed by atoms with Gasteiger partial charge in [-0.25, -0.2) is 0 Å². The van der Waals surface area contributed by atoms with Gasteiger partial charge in [0.1, 0.15) is 48.3 Å². The molecular formula is C36H52N10O16. The highest BCUT2D eigenvalue weighted by molar-refractivity contribution is 6.00. The Morgan fingerprint density at radius 2 is 0.903 bits per heavy atom. The average Bonchev–Trinajstić information content (AvgIpc) is 3.21. The van der Waals surface area contributed by atoms with Crippen LogP contribution >= 0.6 is 0 Å². The second-order valence-electron chi connectivity index (χ2n) is 14.0. The SMILES string of the molecule is C[C@@H](O)[C@@H]1NC(=O)[C@H](CC(N)=O)NC(=O)C(CO)NC(=O)C(CCC(N)=O)NC(=O)C(Cc2ccccc2)NC(=O)[C@H](CO)NC(=O)C(CCC(=O)O)NC(=O)[C@H](CO)NC1=O. The maximum absolute atomic E-state index is 13.9. The Bertz CT molecular complexity index is 1820. The van der Waals surface area contributed by atoms with E-state index < -0.39 is 171 Å². The number of aliphatic hydroxyl groups is 4. The van der Waals surface area contributed by atoms with E-state index in [1.54, 1.807) is 30.3 Å². The number of rotatable bonds is 14. The Labute approximate surface area is 352 Å². The minimum absolute atomic E-state index is 0.291. The monoisotopic (exact) mass is 880 g/mol. The van der Waals surface area contributed by atoms with Crippen LogP contribution in [0.4, 0.5) is 0 Å². The lowest BCUT2D eigenvalue weighted by atomic mass is 10.0. The lowest BCUT2D eigenvalue weighted by Crippen LogP contribution is -2.63. The number of aliphatic carboxylic acids is 1. The maximum Gasteiger partial charge on any atom is 0.303 e. The predicted molar refractivity (Wildman–Crippen MR) is 208 cm³/mol. The molecule has 1 aliphatic rings. The zero-order valence-corrected chi connectivity index (χ0v) is 33.3. The van der Waals surface area contributed by atoms with Crippen molar-refractivity contribution in [3.05, 3.63) is 35.9 Å². The van der Waals surface area contributed by atoms with Gasteiger partial charge in [0.05, 0.1) is 32.3 Å². The summed E-state index contributed by atoms with van der Waals surface area (Å²) in [6, 6.07) is -6.92. The van der Waals surface area contributed by atoms with Crippen LogP contribution in [-0.4, -0.2) is 165 Å². The highest BCUT2D eigenvalue weighted by Crippen LogP contribution is 2.08. The van der Waals surface area contributed by atoms with Gasteiger partial charge in [0.15, 0.2) is 0 Å². The van der Waals surface area contributed by atoms with E-state index in [-0.39, 0.29) is 6.42 Å². The van der Waals surface area contributed by atoms with Gasteiger partial charge in [-0.15, -0.1) is 0 Å². The second kappa shape index (κ2) is 25.1. The zero-order valence-electron chi connectivity index (χ0n) is 33.3. The summed E-state index contributed by atoms with van der Waals surface area (Å²) in [4.78, 5) is 143. The molecule has 342 valence electrons. The normalized spacial score (nSPS) is 25.8. The largest absolute Gasteiger partial charge is 0.481 e. The molecule has 4 unspecified atom stereocenters. The van der Waals surface area contributed by atoms with Crippen molar-refractivity contribution in [2.75, 3.05) is 19.8 Å². The first kappa shape index (κ1) is 51.4. The first-order valence-corrected chi connectivity index (χ1v) is 19.0. The molecular weight excluding hydrogens is 828 g/mol. The number of aliphatic hydroxyl groups excluding tert-OH is 4. The van der Waals surface area contributed by atoms with Crippen LogP contribution in [0.3, 0.4) is 0 Å². The van der Waals surface area contributed by atoms with E-state index in [1.807, 2.05) is 10.6 Å². The smallest absolute Gasteiger partial charge is 0.303 e. The number of carbonyl (C=O) groups excluding carboxylic acids is 10. The Morgan fingerprint density at radius 3 is 1.32 bits per heavy atom. The molecule has 62 heavy (non-hydrogen) atoms. The maximum atomic E-state index is 13.9. The number of nitrogens with two attached hydrogens (primary N) is 2. The molecule has 1 aliphatic heterocycles. The van der Waals surface area contributed by atoms with Crippen LogP contribution in [0.5, 0.6) is 0 Å². The van der Waals surface area contributed by atoms with Crippen LogP contribution < -0.4 is 54.0 Å². The summed E-state index contributed by atoms with van der Waals surface area (Å²) in [7, 11) is 0. The molecule has 1 aromatic rings. The molecule has 1 saturated heterocycles. The number of nitrogens with one attached hydrogen (secondary N) is 8. The molecule has 0 spiro atoms. The minimum atomic E-state index is -1.99. The van der Waals surface area contributed by atoms with E-state index in [1.165, 1.54) is 0 Å². The number of carboxylic acids is 1. The van der Waals surface area contributed by atoms with Gasteiger partial charge in [-0.3, -0.25) is 52.7 Å². The standard InChI is InChI=1S/C36H52N10O16/c1-16(50)28-36(62)45-24(15-49)33(59)40-19(8-10-27(53)54)30(56)44-22(13-47)34(60)41-20(11-17-5-3-2-4-6-17)31(57)39-18(7-9-25(37)51)29(55)43-23(14-48)35(61)42-21(12-26(38)52)32(58)46-28/h2-6,16,18-24,28,47-50H,7-15H2,1H3,(H2,37,51)(H2,38,52)(H,39,57)(H,40,59)(H,41,60)(H,42,61)(H,43,55)(H,44,56)(H,45,62)(H,46,58)(H,53,54)/t16-,18?,19?,20?,21+,22+,23?,24+,28+/m1/s1. The lowest BCUT2D eigenvalue weighted by molar-refractivity contribution is -0.139. The molecule has 1 aromatic carbocycles.